The fourth-order valence-corrected chi connectivity index (χ4v) is 2.78. The number of nitrogens with one attached hydrogen (secondary N) is 1. The normalized spacial score (nSPS) is 18.9. The van der Waals surface area contributed by atoms with Crippen molar-refractivity contribution in [1.29, 1.82) is 0 Å². The minimum Gasteiger partial charge on any atom is -0.352 e. The number of carbonyl (C=O) groups excluding carboxylic acids is 2. The first-order chi connectivity index (χ1) is 10.4. The second-order valence-electron chi connectivity index (χ2n) is 7.04. The molecule has 1 fully saturated rings. The predicted octanol–water partition coefficient (Wildman–Crippen LogP) is 2.59. The Morgan fingerprint density at radius 3 is 2.55 bits per heavy atom. The van der Waals surface area contributed by atoms with Crippen molar-refractivity contribution in [3.05, 3.63) is 35.9 Å². The zero-order chi connectivity index (χ0) is 16.2. The van der Waals surface area contributed by atoms with E-state index in [4.69, 9.17) is 0 Å². The molecule has 0 spiro atoms. The lowest BCUT2D eigenvalue weighted by Crippen LogP contribution is -2.48. The van der Waals surface area contributed by atoms with E-state index in [9.17, 15) is 9.59 Å². The van der Waals surface area contributed by atoms with Gasteiger partial charge in [0.15, 0.2) is 0 Å². The standard InChI is InChI=1S/C18H26N2O2/c1-18(2,3)17(22)20-11-7-10-15(13-20)16(21)19-12-14-8-5-4-6-9-14/h4-6,8-9,15H,7,10-13H2,1-3H3,(H,19,21). The van der Waals surface area contributed by atoms with E-state index >= 15 is 0 Å². The third kappa shape index (κ3) is 4.33. The van der Waals surface area contributed by atoms with E-state index in [0.29, 0.717) is 13.1 Å². The summed E-state index contributed by atoms with van der Waals surface area (Å²) in [4.78, 5) is 26.5. The molecule has 2 amide bonds. The van der Waals surface area contributed by atoms with Crippen molar-refractivity contribution in [2.75, 3.05) is 13.1 Å². The molecule has 1 aliphatic heterocycles. The Morgan fingerprint density at radius 1 is 1.23 bits per heavy atom. The highest BCUT2D eigenvalue weighted by Crippen LogP contribution is 2.23. The lowest BCUT2D eigenvalue weighted by Gasteiger charge is -2.35. The number of likely N-dealkylation sites (tertiary alicyclic amines) is 1. The molecule has 0 saturated carbocycles. The van der Waals surface area contributed by atoms with E-state index in [-0.39, 0.29) is 23.1 Å². The largest absolute Gasteiger partial charge is 0.352 e. The molecule has 1 aliphatic rings. The Kier molecular flexibility index (Phi) is 5.22. The summed E-state index contributed by atoms with van der Waals surface area (Å²) in [7, 11) is 0. The van der Waals surface area contributed by atoms with Gasteiger partial charge in [-0.25, -0.2) is 0 Å². The summed E-state index contributed by atoms with van der Waals surface area (Å²) in [6.07, 6.45) is 1.75. The monoisotopic (exact) mass is 302 g/mol. The van der Waals surface area contributed by atoms with Gasteiger partial charge in [0.2, 0.25) is 11.8 Å². The topological polar surface area (TPSA) is 49.4 Å². The van der Waals surface area contributed by atoms with Crippen LogP contribution in [0.25, 0.3) is 0 Å². The Morgan fingerprint density at radius 2 is 1.91 bits per heavy atom. The van der Waals surface area contributed by atoms with Crippen LogP contribution in [-0.4, -0.2) is 29.8 Å². The summed E-state index contributed by atoms with van der Waals surface area (Å²) in [5.41, 5.74) is 0.705. The van der Waals surface area contributed by atoms with Crippen LogP contribution in [0.4, 0.5) is 0 Å². The van der Waals surface area contributed by atoms with Gasteiger partial charge in [0, 0.05) is 25.0 Å². The predicted molar refractivity (Wildman–Crippen MR) is 87.0 cm³/mol. The molecule has 0 aliphatic carbocycles. The quantitative estimate of drug-likeness (QED) is 0.933. The molecule has 4 heteroatoms. The van der Waals surface area contributed by atoms with Crippen LogP contribution in [0.2, 0.25) is 0 Å². The maximum atomic E-state index is 12.4. The number of amides is 2. The third-order valence-corrected chi connectivity index (χ3v) is 4.03. The van der Waals surface area contributed by atoms with E-state index in [1.807, 2.05) is 56.0 Å². The van der Waals surface area contributed by atoms with Gasteiger partial charge in [0.25, 0.3) is 0 Å². The van der Waals surface area contributed by atoms with Gasteiger partial charge in [0.05, 0.1) is 5.92 Å². The van der Waals surface area contributed by atoms with Crippen molar-refractivity contribution < 1.29 is 9.59 Å². The van der Waals surface area contributed by atoms with Gasteiger partial charge in [-0.15, -0.1) is 0 Å². The second kappa shape index (κ2) is 6.95. The fourth-order valence-electron chi connectivity index (χ4n) is 2.78. The number of benzene rings is 1. The van der Waals surface area contributed by atoms with E-state index in [1.54, 1.807) is 0 Å². The van der Waals surface area contributed by atoms with Gasteiger partial charge in [0.1, 0.15) is 0 Å². The van der Waals surface area contributed by atoms with Gasteiger partial charge in [-0.2, -0.15) is 0 Å². The molecule has 1 saturated heterocycles. The number of nitrogens with zero attached hydrogens (tertiary/aromatic N) is 1. The number of rotatable bonds is 3. The van der Waals surface area contributed by atoms with Crippen molar-refractivity contribution in [3.8, 4) is 0 Å². The Labute approximate surface area is 132 Å². The highest BCUT2D eigenvalue weighted by Gasteiger charge is 2.33. The molecule has 1 heterocycles. The van der Waals surface area contributed by atoms with Gasteiger partial charge in [-0.3, -0.25) is 9.59 Å². The molecule has 120 valence electrons. The molecule has 1 unspecified atom stereocenters. The molecule has 2 rings (SSSR count). The summed E-state index contributed by atoms with van der Waals surface area (Å²) in [6.45, 7) is 7.62. The molecule has 0 aromatic heterocycles. The van der Waals surface area contributed by atoms with Crippen LogP contribution in [0.15, 0.2) is 30.3 Å². The van der Waals surface area contributed by atoms with Crippen LogP contribution < -0.4 is 5.32 Å². The molecule has 22 heavy (non-hydrogen) atoms. The molecular formula is C18H26N2O2. The highest BCUT2D eigenvalue weighted by molar-refractivity contribution is 5.83. The lowest BCUT2D eigenvalue weighted by molar-refractivity contribution is -0.142. The van der Waals surface area contributed by atoms with Crippen LogP contribution in [0, 0.1) is 11.3 Å². The number of piperidine rings is 1. The van der Waals surface area contributed by atoms with E-state index in [1.165, 1.54) is 0 Å². The first-order valence-electron chi connectivity index (χ1n) is 7.99. The van der Waals surface area contributed by atoms with Crippen molar-refractivity contribution in [2.45, 2.75) is 40.2 Å². The molecule has 0 radical (unpaired) electrons. The Balaban J connectivity index is 1.89. The Hall–Kier alpha value is -1.84. The summed E-state index contributed by atoms with van der Waals surface area (Å²) >= 11 is 0. The summed E-state index contributed by atoms with van der Waals surface area (Å²) in [5.74, 6) is 0.0899. The van der Waals surface area contributed by atoms with Crippen molar-refractivity contribution in [1.82, 2.24) is 10.2 Å². The zero-order valence-corrected chi connectivity index (χ0v) is 13.8. The smallest absolute Gasteiger partial charge is 0.227 e. The lowest BCUT2D eigenvalue weighted by atomic mass is 9.91. The minimum atomic E-state index is -0.387. The Bertz CT molecular complexity index is 520. The van der Waals surface area contributed by atoms with Gasteiger partial charge in [-0.05, 0) is 18.4 Å². The summed E-state index contributed by atoms with van der Waals surface area (Å²) in [6, 6.07) is 9.88. The average Bonchev–Trinajstić information content (AvgIpc) is 2.52. The molecule has 0 bridgehead atoms. The van der Waals surface area contributed by atoms with Crippen LogP contribution >= 0.6 is 0 Å². The molecule has 1 N–H and O–H groups in total. The van der Waals surface area contributed by atoms with Crippen molar-refractivity contribution in [3.63, 3.8) is 0 Å². The van der Waals surface area contributed by atoms with Gasteiger partial charge < -0.3 is 10.2 Å². The fraction of sp³-hybridized carbons (Fsp3) is 0.556. The summed E-state index contributed by atoms with van der Waals surface area (Å²) < 4.78 is 0. The minimum absolute atomic E-state index is 0.0512. The van der Waals surface area contributed by atoms with Crippen LogP contribution in [-0.2, 0) is 16.1 Å². The second-order valence-corrected chi connectivity index (χ2v) is 7.04. The average molecular weight is 302 g/mol. The van der Waals surface area contributed by atoms with Gasteiger partial charge in [-0.1, -0.05) is 51.1 Å². The highest BCUT2D eigenvalue weighted by atomic mass is 16.2. The first-order valence-corrected chi connectivity index (χ1v) is 7.99. The van der Waals surface area contributed by atoms with Crippen molar-refractivity contribution in [2.24, 2.45) is 11.3 Å². The van der Waals surface area contributed by atoms with E-state index in [0.717, 1.165) is 24.9 Å². The number of hydrogen-bond acceptors (Lipinski definition) is 2. The SMILES string of the molecule is CC(C)(C)C(=O)N1CCCC(C(=O)NCc2ccccc2)C1. The molecular weight excluding hydrogens is 276 g/mol. The molecule has 4 nitrogen and oxygen atoms in total. The van der Waals surface area contributed by atoms with E-state index < -0.39 is 0 Å². The third-order valence-electron chi connectivity index (χ3n) is 4.03. The van der Waals surface area contributed by atoms with Crippen molar-refractivity contribution >= 4 is 11.8 Å². The zero-order valence-electron chi connectivity index (χ0n) is 13.8. The number of hydrogen-bond donors (Lipinski definition) is 1. The summed E-state index contributed by atoms with van der Waals surface area (Å²) in [5, 5.41) is 2.99. The van der Waals surface area contributed by atoms with Crippen LogP contribution in [0.5, 0.6) is 0 Å². The van der Waals surface area contributed by atoms with Crippen LogP contribution in [0.1, 0.15) is 39.2 Å². The molecule has 1 aromatic rings. The van der Waals surface area contributed by atoms with Crippen LogP contribution in [0.3, 0.4) is 0 Å². The maximum absolute atomic E-state index is 12.4. The number of carbonyl (C=O) groups is 2. The van der Waals surface area contributed by atoms with E-state index in [2.05, 4.69) is 5.32 Å². The molecule has 1 atom stereocenters. The maximum Gasteiger partial charge on any atom is 0.227 e. The molecule has 1 aromatic carbocycles. The van der Waals surface area contributed by atoms with Gasteiger partial charge >= 0.3 is 0 Å². The first kappa shape index (κ1) is 16.5.